The summed E-state index contributed by atoms with van der Waals surface area (Å²) in [5.74, 6) is 0.0755. The van der Waals surface area contributed by atoms with Crippen molar-refractivity contribution in [1.29, 1.82) is 0 Å². The highest BCUT2D eigenvalue weighted by Gasteiger charge is 2.31. The summed E-state index contributed by atoms with van der Waals surface area (Å²) in [4.78, 5) is 22.6. The van der Waals surface area contributed by atoms with Crippen LogP contribution in [0.2, 0.25) is 0 Å². The third-order valence-electron chi connectivity index (χ3n) is 3.00. The Bertz CT molecular complexity index is 243. The molecule has 2 amide bonds. The van der Waals surface area contributed by atoms with Gasteiger partial charge in [0.05, 0.1) is 6.54 Å². The van der Waals surface area contributed by atoms with Gasteiger partial charge in [0.2, 0.25) is 11.8 Å². The molecule has 5 nitrogen and oxygen atoms in total. The van der Waals surface area contributed by atoms with E-state index in [1.165, 1.54) is 0 Å². The second-order valence-corrected chi connectivity index (χ2v) is 3.92. The van der Waals surface area contributed by atoms with Crippen LogP contribution in [0.3, 0.4) is 0 Å². The highest BCUT2D eigenvalue weighted by molar-refractivity contribution is 5.85. The van der Waals surface area contributed by atoms with Crippen LogP contribution in [0.5, 0.6) is 0 Å². The van der Waals surface area contributed by atoms with E-state index in [1.807, 2.05) is 0 Å². The Hall–Kier alpha value is -1.10. The normalized spacial score (nSPS) is 24.9. The van der Waals surface area contributed by atoms with Crippen LogP contribution in [-0.4, -0.2) is 32.0 Å². The van der Waals surface area contributed by atoms with E-state index in [0.717, 1.165) is 19.3 Å². The second kappa shape index (κ2) is 5.70. The van der Waals surface area contributed by atoms with Gasteiger partial charge in [0.25, 0.3) is 0 Å². The van der Waals surface area contributed by atoms with E-state index < -0.39 is 0 Å². The topological polar surface area (TPSA) is 84.2 Å². The van der Waals surface area contributed by atoms with Crippen molar-refractivity contribution in [2.24, 2.45) is 17.6 Å². The number of nitrogens with one attached hydrogen (secondary N) is 2. The van der Waals surface area contributed by atoms with Crippen LogP contribution in [0, 0.1) is 11.8 Å². The minimum Gasteiger partial charge on any atom is -0.358 e. The second-order valence-electron chi connectivity index (χ2n) is 3.92. The Morgan fingerprint density at radius 2 is 2.13 bits per heavy atom. The molecular formula is C10H19N3O2. The maximum Gasteiger partial charge on any atom is 0.239 e. The minimum atomic E-state index is -0.175. The van der Waals surface area contributed by atoms with E-state index in [1.54, 1.807) is 7.05 Å². The molecule has 0 bridgehead atoms. The Morgan fingerprint density at radius 1 is 1.40 bits per heavy atom. The van der Waals surface area contributed by atoms with Gasteiger partial charge in [0.1, 0.15) is 0 Å². The Kier molecular flexibility index (Phi) is 4.55. The van der Waals surface area contributed by atoms with Gasteiger partial charge in [-0.1, -0.05) is 6.42 Å². The molecule has 15 heavy (non-hydrogen) atoms. The molecule has 0 aliphatic heterocycles. The van der Waals surface area contributed by atoms with Crippen LogP contribution < -0.4 is 16.4 Å². The number of hydrogen-bond donors (Lipinski definition) is 3. The molecule has 0 radical (unpaired) electrons. The number of carbonyl (C=O) groups excluding carboxylic acids is 2. The summed E-state index contributed by atoms with van der Waals surface area (Å²) in [6.45, 7) is 0.612. The van der Waals surface area contributed by atoms with Gasteiger partial charge in [0.15, 0.2) is 0 Å². The van der Waals surface area contributed by atoms with Gasteiger partial charge in [-0.2, -0.15) is 0 Å². The Balaban J connectivity index is 2.36. The quantitative estimate of drug-likeness (QED) is 0.573. The van der Waals surface area contributed by atoms with Gasteiger partial charge < -0.3 is 16.4 Å². The van der Waals surface area contributed by atoms with E-state index in [2.05, 4.69) is 10.6 Å². The van der Waals surface area contributed by atoms with E-state index in [4.69, 9.17) is 5.73 Å². The average Bonchev–Trinajstić information content (AvgIpc) is 2.73. The summed E-state index contributed by atoms with van der Waals surface area (Å²) < 4.78 is 0. The summed E-state index contributed by atoms with van der Waals surface area (Å²) in [5.41, 5.74) is 5.58. The molecule has 0 saturated heterocycles. The lowest BCUT2D eigenvalue weighted by Gasteiger charge is -2.16. The van der Waals surface area contributed by atoms with Crippen molar-refractivity contribution in [2.45, 2.75) is 19.3 Å². The fourth-order valence-electron chi connectivity index (χ4n) is 2.05. The number of amides is 2. The van der Waals surface area contributed by atoms with Crippen molar-refractivity contribution < 1.29 is 9.59 Å². The highest BCUT2D eigenvalue weighted by Crippen LogP contribution is 2.30. The lowest BCUT2D eigenvalue weighted by Crippen LogP contribution is -2.40. The summed E-state index contributed by atoms with van der Waals surface area (Å²) >= 11 is 0. The third kappa shape index (κ3) is 3.20. The number of likely N-dealkylation sites (N-methyl/N-ethyl adjacent to an activating group) is 1. The predicted molar refractivity (Wildman–Crippen MR) is 57.0 cm³/mol. The molecule has 1 saturated carbocycles. The molecule has 1 aliphatic rings. The van der Waals surface area contributed by atoms with Crippen molar-refractivity contribution in [3.8, 4) is 0 Å². The number of carbonyl (C=O) groups is 2. The summed E-state index contributed by atoms with van der Waals surface area (Å²) in [6, 6.07) is 0. The molecule has 86 valence electrons. The average molecular weight is 213 g/mol. The van der Waals surface area contributed by atoms with Gasteiger partial charge in [-0.3, -0.25) is 9.59 Å². The zero-order chi connectivity index (χ0) is 11.3. The van der Waals surface area contributed by atoms with Crippen LogP contribution >= 0.6 is 0 Å². The van der Waals surface area contributed by atoms with Gasteiger partial charge in [-0.15, -0.1) is 0 Å². The summed E-state index contributed by atoms with van der Waals surface area (Å²) in [7, 11) is 1.55. The predicted octanol–water partition coefficient (Wildman–Crippen LogP) is -0.776. The molecule has 0 aromatic rings. The van der Waals surface area contributed by atoms with Crippen molar-refractivity contribution in [3.05, 3.63) is 0 Å². The van der Waals surface area contributed by atoms with Crippen molar-refractivity contribution in [3.63, 3.8) is 0 Å². The monoisotopic (exact) mass is 213 g/mol. The largest absolute Gasteiger partial charge is 0.358 e. The Morgan fingerprint density at radius 3 is 2.73 bits per heavy atom. The SMILES string of the molecule is CNC(=O)CNC(=O)C1CCCC1CN. The van der Waals surface area contributed by atoms with Crippen molar-refractivity contribution in [1.82, 2.24) is 10.6 Å². The summed E-state index contributed by atoms with van der Waals surface area (Å²) in [5, 5.41) is 5.09. The standard InChI is InChI=1S/C10H19N3O2/c1-12-9(14)6-13-10(15)8-4-2-3-7(8)5-11/h7-8H,2-6,11H2,1H3,(H,12,14)(H,13,15). The summed E-state index contributed by atoms with van der Waals surface area (Å²) in [6.07, 6.45) is 2.97. The molecule has 1 rings (SSSR count). The molecule has 0 spiro atoms. The fraction of sp³-hybridized carbons (Fsp3) is 0.800. The minimum absolute atomic E-state index is 0.000318. The van der Waals surface area contributed by atoms with Crippen LogP contribution in [0.15, 0.2) is 0 Å². The van der Waals surface area contributed by atoms with Gasteiger partial charge >= 0.3 is 0 Å². The molecule has 2 unspecified atom stereocenters. The van der Waals surface area contributed by atoms with Gasteiger partial charge in [0, 0.05) is 13.0 Å². The van der Waals surface area contributed by atoms with E-state index >= 15 is 0 Å². The first-order valence-electron chi connectivity index (χ1n) is 5.37. The van der Waals surface area contributed by atoms with E-state index in [-0.39, 0.29) is 30.2 Å². The zero-order valence-electron chi connectivity index (χ0n) is 9.08. The fourth-order valence-corrected chi connectivity index (χ4v) is 2.05. The van der Waals surface area contributed by atoms with Crippen LogP contribution in [0.25, 0.3) is 0 Å². The van der Waals surface area contributed by atoms with Gasteiger partial charge in [-0.25, -0.2) is 0 Å². The van der Waals surface area contributed by atoms with Crippen LogP contribution in [0.1, 0.15) is 19.3 Å². The molecular weight excluding hydrogens is 194 g/mol. The third-order valence-corrected chi connectivity index (χ3v) is 3.00. The lowest BCUT2D eigenvalue weighted by molar-refractivity contribution is -0.129. The molecule has 1 aliphatic carbocycles. The van der Waals surface area contributed by atoms with Crippen molar-refractivity contribution >= 4 is 11.8 Å². The molecule has 0 aromatic carbocycles. The van der Waals surface area contributed by atoms with E-state index in [0.29, 0.717) is 6.54 Å². The zero-order valence-corrected chi connectivity index (χ0v) is 9.08. The molecule has 4 N–H and O–H groups in total. The number of rotatable bonds is 4. The first kappa shape index (κ1) is 12.0. The molecule has 0 heterocycles. The molecule has 5 heteroatoms. The maximum absolute atomic E-state index is 11.7. The van der Waals surface area contributed by atoms with Crippen LogP contribution in [-0.2, 0) is 9.59 Å². The smallest absolute Gasteiger partial charge is 0.239 e. The van der Waals surface area contributed by atoms with E-state index in [9.17, 15) is 9.59 Å². The lowest BCUT2D eigenvalue weighted by atomic mass is 9.95. The van der Waals surface area contributed by atoms with Crippen molar-refractivity contribution in [2.75, 3.05) is 20.1 Å². The molecule has 2 atom stereocenters. The maximum atomic E-state index is 11.7. The molecule has 0 aromatic heterocycles. The number of nitrogens with two attached hydrogens (primary N) is 1. The van der Waals surface area contributed by atoms with Gasteiger partial charge in [-0.05, 0) is 25.3 Å². The van der Waals surface area contributed by atoms with Crippen LogP contribution in [0.4, 0.5) is 0 Å². The first-order chi connectivity index (χ1) is 7.19. The first-order valence-corrected chi connectivity index (χ1v) is 5.37. The highest BCUT2D eigenvalue weighted by atomic mass is 16.2. The number of hydrogen-bond acceptors (Lipinski definition) is 3. The Labute approximate surface area is 89.8 Å². The molecule has 1 fully saturated rings.